The van der Waals surface area contributed by atoms with E-state index in [9.17, 15) is 0 Å². The maximum Gasteiger partial charge on any atom is 0.0858 e. The number of hydrogen-bond donors (Lipinski definition) is 1. The number of azo groups is 1. The van der Waals surface area contributed by atoms with E-state index in [1.165, 1.54) is 16.7 Å². The van der Waals surface area contributed by atoms with Crippen molar-refractivity contribution in [3.05, 3.63) is 83.4 Å². The third kappa shape index (κ3) is 4.07. The lowest BCUT2D eigenvalue weighted by atomic mass is 10.1. The molecular weight excluding hydrogens is 294 g/mol. The lowest BCUT2D eigenvalue weighted by Gasteiger charge is -2.08. The molecule has 0 spiro atoms. The van der Waals surface area contributed by atoms with E-state index in [1.54, 1.807) is 0 Å². The van der Waals surface area contributed by atoms with E-state index in [4.69, 9.17) is 0 Å². The summed E-state index contributed by atoms with van der Waals surface area (Å²) in [4.78, 5) is 0. The van der Waals surface area contributed by atoms with Gasteiger partial charge in [-0.25, -0.2) is 0 Å². The summed E-state index contributed by atoms with van der Waals surface area (Å²) in [6.07, 6.45) is 0. The third-order valence-corrected chi connectivity index (χ3v) is 3.98. The molecule has 3 aromatic carbocycles. The van der Waals surface area contributed by atoms with Crippen LogP contribution in [-0.2, 0) is 0 Å². The Labute approximate surface area is 143 Å². The quantitative estimate of drug-likeness (QED) is 0.530. The van der Waals surface area contributed by atoms with Gasteiger partial charge in [0.15, 0.2) is 0 Å². The predicted molar refractivity (Wildman–Crippen MR) is 101 cm³/mol. The van der Waals surface area contributed by atoms with E-state index in [0.717, 1.165) is 22.7 Å². The van der Waals surface area contributed by atoms with Crippen molar-refractivity contribution in [2.75, 3.05) is 5.32 Å². The minimum absolute atomic E-state index is 0.834. The van der Waals surface area contributed by atoms with Crippen LogP contribution in [0.15, 0.2) is 77.0 Å². The second-order valence-corrected chi connectivity index (χ2v) is 6.01. The Bertz CT molecular complexity index is 847. The van der Waals surface area contributed by atoms with Crippen LogP contribution >= 0.6 is 0 Å². The first-order valence-corrected chi connectivity index (χ1v) is 8.03. The van der Waals surface area contributed by atoms with Crippen LogP contribution in [0.3, 0.4) is 0 Å². The van der Waals surface area contributed by atoms with Gasteiger partial charge in [0.25, 0.3) is 0 Å². The molecule has 0 atom stereocenters. The fourth-order valence-corrected chi connectivity index (χ4v) is 2.32. The molecule has 0 heterocycles. The molecule has 0 saturated heterocycles. The maximum atomic E-state index is 4.28. The normalized spacial score (nSPS) is 11.0. The van der Waals surface area contributed by atoms with E-state index < -0.39 is 0 Å². The van der Waals surface area contributed by atoms with Crippen LogP contribution in [0.4, 0.5) is 22.7 Å². The first-order valence-electron chi connectivity index (χ1n) is 8.03. The Morgan fingerprint density at radius 2 is 1.12 bits per heavy atom. The Balaban J connectivity index is 1.68. The van der Waals surface area contributed by atoms with Gasteiger partial charge in [-0.1, -0.05) is 23.8 Å². The van der Waals surface area contributed by atoms with E-state index in [2.05, 4.69) is 54.5 Å². The zero-order valence-corrected chi connectivity index (χ0v) is 14.2. The van der Waals surface area contributed by atoms with E-state index in [-0.39, 0.29) is 0 Å². The van der Waals surface area contributed by atoms with E-state index >= 15 is 0 Å². The largest absolute Gasteiger partial charge is 0.356 e. The molecule has 0 aliphatic rings. The van der Waals surface area contributed by atoms with Crippen LogP contribution in [-0.4, -0.2) is 0 Å². The highest BCUT2D eigenvalue weighted by Gasteiger charge is 1.98. The van der Waals surface area contributed by atoms with Crippen molar-refractivity contribution < 1.29 is 0 Å². The van der Waals surface area contributed by atoms with Crippen molar-refractivity contribution in [1.82, 2.24) is 0 Å². The number of benzene rings is 3. The first kappa shape index (κ1) is 15.9. The van der Waals surface area contributed by atoms with Crippen molar-refractivity contribution in [3.8, 4) is 0 Å². The first-order chi connectivity index (χ1) is 11.6. The highest BCUT2D eigenvalue weighted by atomic mass is 15.1. The van der Waals surface area contributed by atoms with Crippen LogP contribution in [0.2, 0.25) is 0 Å². The average Bonchev–Trinajstić information content (AvgIpc) is 2.59. The molecule has 3 aromatic rings. The molecule has 0 unspecified atom stereocenters. The number of anilines is 2. The van der Waals surface area contributed by atoms with Gasteiger partial charge in [0.05, 0.1) is 11.4 Å². The topological polar surface area (TPSA) is 36.8 Å². The molecule has 0 aliphatic heterocycles. The molecule has 0 fully saturated rings. The molecule has 0 aromatic heterocycles. The summed E-state index contributed by atoms with van der Waals surface area (Å²) in [5, 5.41) is 11.9. The summed E-state index contributed by atoms with van der Waals surface area (Å²) in [5.74, 6) is 0. The van der Waals surface area contributed by atoms with Crippen LogP contribution in [0, 0.1) is 20.8 Å². The van der Waals surface area contributed by atoms with E-state index in [1.807, 2.05) is 48.5 Å². The number of nitrogens with zero attached hydrogens (tertiary/aromatic N) is 2. The molecule has 0 saturated carbocycles. The van der Waals surface area contributed by atoms with Crippen LogP contribution in [0.25, 0.3) is 0 Å². The lowest BCUT2D eigenvalue weighted by Crippen LogP contribution is -1.91. The number of aryl methyl sites for hydroxylation is 3. The smallest absolute Gasteiger partial charge is 0.0858 e. The van der Waals surface area contributed by atoms with Crippen LogP contribution in [0.5, 0.6) is 0 Å². The van der Waals surface area contributed by atoms with Gasteiger partial charge >= 0.3 is 0 Å². The standard InChI is InChI=1S/C21H21N3/c1-15-4-7-19(8-5-15)23-24-20-12-10-18(11-13-20)22-21-9-6-16(2)17(3)14-21/h4-14,22H,1-3H3. The van der Waals surface area contributed by atoms with Gasteiger partial charge in [0, 0.05) is 11.4 Å². The summed E-state index contributed by atoms with van der Waals surface area (Å²) in [7, 11) is 0. The SMILES string of the molecule is Cc1ccc(N=Nc2ccc(Nc3ccc(C)c(C)c3)cc2)cc1. The molecular formula is C21H21N3. The lowest BCUT2D eigenvalue weighted by molar-refractivity contribution is 1.23. The Morgan fingerprint density at radius 1 is 0.583 bits per heavy atom. The third-order valence-electron chi connectivity index (χ3n) is 3.98. The fraction of sp³-hybridized carbons (Fsp3) is 0.143. The van der Waals surface area contributed by atoms with Gasteiger partial charge in [-0.2, -0.15) is 10.2 Å². The summed E-state index contributed by atoms with van der Waals surface area (Å²) in [5.41, 5.74) is 7.62. The molecule has 1 N–H and O–H groups in total. The van der Waals surface area contributed by atoms with Crippen molar-refractivity contribution in [2.24, 2.45) is 10.2 Å². The van der Waals surface area contributed by atoms with Crippen molar-refractivity contribution in [1.29, 1.82) is 0 Å². The number of hydrogen-bond acceptors (Lipinski definition) is 3. The molecule has 24 heavy (non-hydrogen) atoms. The molecule has 120 valence electrons. The zero-order valence-electron chi connectivity index (χ0n) is 14.2. The second-order valence-electron chi connectivity index (χ2n) is 6.01. The molecule has 0 radical (unpaired) electrons. The van der Waals surface area contributed by atoms with E-state index in [0.29, 0.717) is 0 Å². The highest BCUT2D eigenvalue weighted by Crippen LogP contribution is 2.23. The van der Waals surface area contributed by atoms with Gasteiger partial charge < -0.3 is 5.32 Å². The molecule has 3 rings (SSSR count). The summed E-state index contributed by atoms with van der Waals surface area (Å²) >= 11 is 0. The maximum absolute atomic E-state index is 4.28. The van der Waals surface area contributed by atoms with Gasteiger partial charge in [-0.15, -0.1) is 0 Å². The highest BCUT2D eigenvalue weighted by molar-refractivity contribution is 5.62. The van der Waals surface area contributed by atoms with Gasteiger partial charge in [0.1, 0.15) is 0 Å². The predicted octanol–water partition coefficient (Wildman–Crippen LogP) is 6.77. The van der Waals surface area contributed by atoms with Gasteiger partial charge in [-0.05, 0) is 80.4 Å². The zero-order chi connectivity index (χ0) is 16.9. The average molecular weight is 315 g/mol. The number of nitrogens with one attached hydrogen (secondary N) is 1. The second kappa shape index (κ2) is 7.09. The van der Waals surface area contributed by atoms with Gasteiger partial charge in [-0.3, -0.25) is 0 Å². The Kier molecular flexibility index (Phi) is 4.71. The Morgan fingerprint density at radius 3 is 1.71 bits per heavy atom. The minimum atomic E-state index is 0.834. The molecule has 0 aliphatic carbocycles. The summed E-state index contributed by atoms with van der Waals surface area (Å²) < 4.78 is 0. The molecule has 3 nitrogen and oxygen atoms in total. The van der Waals surface area contributed by atoms with Crippen molar-refractivity contribution in [2.45, 2.75) is 20.8 Å². The number of rotatable bonds is 4. The van der Waals surface area contributed by atoms with Gasteiger partial charge in [0.2, 0.25) is 0 Å². The van der Waals surface area contributed by atoms with Crippen LogP contribution < -0.4 is 5.32 Å². The van der Waals surface area contributed by atoms with Crippen molar-refractivity contribution >= 4 is 22.7 Å². The monoisotopic (exact) mass is 315 g/mol. The summed E-state index contributed by atoms with van der Waals surface area (Å²) in [6, 6.07) is 22.3. The fourth-order valence-electron chi connectivity index (χ4n) is 2.32. The molecule has 0 amide bonds. The minimum Gasteiger partial charge on any atom is -0.356 e. The molecule has 0 bridgehead atoms. The van der Waals surface area contributed by atoms with Crippen LogP contribution in [0.1, 0.15) is 16.7 Å². The van der Waals surface area contributed by atoms with Crippen molar-refractivity contribution in [3.63, 3.8) is 0 Å². The summed E-state index contributed by atoms with van der Waals surface area (Å²) in [6.45, 7) is 6.30. The Hall–Kier alpha value is -2.94. The molecule has 3 heteroatoms.